The molecule has 2 atom stereocenters. The summed E-state index contributed by atoms with van der Waals surface area (Å²) in [5.41, 5.74) is 1.72. The van der Waals surface area contributed by atoms with E-state index in [1.807, 2.05) is 52.0 Å². The number of benzene rings is 2. The zero-order valence-electron chi connectivity index (χ0n) is 18.5. The van der Waals surface area contributed by atoms with Crippen LogP contribution in [0.2, 0.25) is 10.0 Å². The smallest absolute Gasteiger partial charge is 0.261 e. The van der Waals surface area contributed by atoms with Crippen molar-refractivity contribution in [3.05, 3.63) is 63.6 Å². The Bertz CT molecular complexity index is 904. The fourth-order valence-electron chi connectivity index (χ4n) is 3.14. The molecule has 0 aromatic heterocycles. The lowest BCUT2D eigenvalue weighted by atomic mass is 10.1. The summed E-state index contributed by atoms with van der Waals surface area (Å²) in [5, 5.41) is 3.82. The van der Waals surface area contributed by atoms with Crippen LogP contribution in [0.3, 0.4) is 0 Å². The average molecular weight is 465 g/mol. The Labute approximate surface area is 194 Å². The summed E-state index contributed by atoms with van der Waals surface area (Å²) in [4.78, 5) is 27.7. The summed E-state index contributed by atoms with van der Waals surface area (Å²) in [7, 11) is 0. The van der Waals surface area contributed by atoms with Crippen molar-refractivity contribution in [2.45, 2.75) is 59.2 Å². The highest BCUT2D eigenvalue weighted by atomic mass is 35.5. The topological polar surface area (TPSA) is 58.6 Å². The second-order valence-corrected chi connectivity index (χ2v) is 8.38. The maximum atomic E-state index is 13.2. The van der Waals surface area contributed by atoms with E-state index >= 15 is 0 Å². The van der Waals surface area contributed by atoms with Crippen molar-refractivity contribution in [1.29, 1.82) is 0 Å². The highest BCUT2D eigenvalue weighted by molar-refractivity contribution is 6.42. The summed E-state index contributed by atoms with van der Waals surface area (Å²) in [6, 6.07) is 12.1. The van der Waals surface area contributed by atoms with Gasteiger partial charge in [-0.3, -0.25) is 9.59 Å². The quantitative estimate of drug-likeness (QED) is 0.511. The van der Waals surface area contributed by atoms with Crippen molar-refractivity contribution in [2.24, 2.45) is 0 Å². The molecule has 0 fully saturated rings. The first-order chi connectivity index (χ1) is 14.8. The second-order valence-electron chi connectivity index (χ2n) is 7.57. The number of carbonyl (C=O) groups is 2. The molecule has 2 amide bonds. The highest BCUT2D eigenvalue weighted by Crippen LogP contribution is 2.24. The molecular formula is C24H30Cl2N2O3. The van der Waals surface area contributed by atoms with E-state index in [2.05, 4.69) is 5.32 Å². The third kappa shape index (κ3) is 7.15. The number of hydrogen-bond acceptors (Lipinski definition) is 3. The van der Waals surface area contributed by atoms with Crippen molar-refractivity contribution in [3.63, 3.8) is 0 Å². The first-order valence-corrected chi connectivity index (χ1v) is 11.2. The maximum Gasteiger partial charge on any atom is 0.261 e. The number of ether oxygens (including phenoxy) is 1. The van der Waals surface area contributed by atoms with E-state index in [4.69, 9.17) is 27.9 Å². The fourth-order valence-corrected chi connectivity index (χ4v) is 3.46. The number of hydrogen-bond donors (Lipinski definition) is 1. The van der Waals surface area contributed by atoms with Crippen LogP contribution in [0.4, 0.5) is 0 Å². The molecule has 0 saturated carbocycles. The van der Waals surface area contributed by atoms with E-state index in [-0.39, 0.29) is 31.0 Å². The third-order valence-electron chi connectivity index (χ3n) is 5.17. The molecule has 2 rings (SSSR count). The van der Waals surface area contributed by atoms with Crippen LogP contribution in [0.15, 0.2) is 42.5 Å². The highest BCUT2D eigenvalue weighted by Gasteiger charge is 2.29. The zero-order chi connectivity index (χ0) is 23.0. The Morgan fingerprint density at radius 3 is 2.39 bits per heavy atom. The predicted molar refractivity (Wildman–Crippen MR) is 126 cm³/mol. The van der Waals surface area contributed by atoms with Gasteiger partial charge in [0.2, 0.25) is 5.91 Å². The molecule has 0 bridgehead atoms. The molecule has 168 valence electrons. The van der Waals surface area contributed by atoms with Gasteiger partial charge in [0.15, 0.2) is 6.61 Å². The Kier molecular flexibility index (Phi) is 9.66. The van der Waals surface area contributed by atoms with Crippen LogP contribution in [-0.4, -0.2) is 35.4 Å². The van der Waals surface area contributed by atoms with Gasteiger partial charge in [0.1, 0.15) is 11.8 Å². The van der Waals surface area contributed by atoms with Gasteiger partial charge in [-0.05, 0) is 56.0 Å². The lowest BCUT2D eigenvalue weighted by molar-refractivity contribution is -0.143. The summed E-state index contributed by atoms with van der Waals surface area (Å²) in [6.07, 6.45) is 1.28. The maximum absolute atomic E-state index is 13.2. The molecule has 0 aliphatic heterocycles. The minimum absolute atomic E-state index is 0.0201. The number of carbonyl (C=O) groups excluding carboxylic acids is 2. The van der Waals surface area contributed by atoms with Crippen LogP contribution in [0, 0.1) is 6.92 Å². The molecule has 0 aliphatic carbocycles. The average Bonchev–Trinajstić information content (AvgIpc) is 2.75. The molecule has 0 spiro atoms. The Morgan fingerprint density at radius 1 is 1.06 bits per heavy atom. The Hall–Kier alpha value is -2.24. The number of para-hydroxylation sites is 1. The molecule has 1 N–H and O–H groups in total. The van der Waals surface area contributed by atoms with Crippen LogP contribution < -0.4 is 10.1 Å². The van der Waals surface area contributed by atoms with E-state index in [1.165, 1.54) is 0 Å². The molecule has 0 saturated heterocycles. The van der Waals surface area contributed by atoms with E-state index in [9.17, 15) is 9.59 Å². The lowest BCUT2D eigenvalue weighted by Crippen LogP contribution is -2.51. The molecule has 0 heterocycles. The van der Waals surface area contributed by atoms with Gasteiger partial charge in [0.05, 0.1) is 10.0 Å². The van der Waals surface area contributed by atoms with Crippen LogP contribution in [0.5, 0.6) is 5.75 Å². The minimum Gasteiger partial charge on any atom is -0.484 e. The number of nitrogens with zero attached hydrogens (tertiary/aromatic N) is 1. The number of halogens is 2. The van der Waals surface area contributed by atoms with Crippen LogP contribution in [0.1, 0.15) is 44.7 Å². The van der Waals surface area contributed by atoms with Crippen LogP contribution in [-0.2, 0) is 16.1 Å². The SMILES string of the molecule is CC[C@@H](C)NC(=O)[C@H](CC)N(Cc1ccc(Cl)c(Cl)c1)C(=O)COc1ccccc1C. The van der Waals surface area contributed by atoms with Gasteiger partial charge >= 0.3 is 0 Å². The normalized spacial score (nSPS) is 12.7. The molecular weight excluding hydrogens is 435 g/mol. The number of aryl methyl sites for hydroxylation is 1. The third-order valence-corrected chi connectivity index (χ3v) is 5.91. The van der Waals surface area contributed by atoms with Crippen molar-refractivity contribution in [3.8, 4) is 5.75 Å². The Balaban J connectivity index is 2.26. The van der Waals surface area contributed by atoms with Crippen LogP contribution in [0.25, 0.3) is 0 Å². The fraction of sp³-hybridized carbons (Fsp3) is 0.417. The van der Waals surface area contributed by atoms with E-state index in [0.717, 1.165) is 17.5 Å². The molecule has 0 aliphatic rings. The minimum atomic E-state index is -0.628. The van der Waals surface area contributed by atoms with Gasteiger partial charge in [-0.1, -0.05) is 61.3 Å². The first kappa shape index (κ1) is 25.0. The molecule has 7 heteroatoms. The van der Waals surface area contributed by atoms with E-state index in [1.54, 1.807) is 23.1 Å². The van der Waals surface area contributed by atoms with Gasteiger partial charge in [0, 0.05) is 12.6 Å². The summed E-state index contributed by atoms with van der Waals surface area (Å²) in [5.74, 6) is 0.184. The summed E-state index contributed by atoms with van der Waals surface area (Å²) in [6.45, 7) is 7.80. The molecule has 5 nitrogen and oxygen atoms in total. The molecule has 31 heavy (non-hydrogen) atoms. The molecule has 2 aromatic carbocycles. The summed E-state index contributed by atoms with van der Waals surface area (Å²) >= 11 is 12.2. The lowest BCUT2D eigenvalue weighted by Gasteiger charge is -2.31. The van der Waals surface area contributed by atoms with Gasteiger partial charge in [0.25, 0.3) is 5.91 Å². The van der Waals surface area contributed by atoms with E-state index < -0.39 is 6.04 Å². The van der Waals surface area contributed by atoms with Crippen molar-refractivity contribution >= 4 is 35.0 Å². The number of amides is 2. The molecule has 2 aromatic rings. The van der Waals surface area contributed by atoms with Crippen LogP contribution >= 0.6 is 23.2 Å². The van der Waals surface area contributed by atoms with Crippen molar-refractivity contribution < 1.29 is 14.3 Å². The largest absolute Gasteiger partial charge is 0.484 e. The van der Waals surface area contributed by atoms with Gasteiger partial charge in [-0.2, -0.15) is 0 Å². The second kappa shape index (κ2) is 12.0. The molecule has 0 radical (unpaired) electrons. The molecule has 0 unspecified atom stereocenters. The number of rotatable bonds is 10. The predicted octanol–water partition coefficient (Wildman–Crippen LogP) is 5.40. The van der Waals surface area contributed by atoms with Gasteiger partial charge in [-0.25, -0.2) is 0 Å². The van der Waals surface area contributed by atoms with Gasteiger partial charge < -0.3 is 15.0 Å². The first-order valence-electron chi connectivity index (χ1n) is 10.5. The zero-order valence-corrected chi connectivity index (χ0v) is 20.0. The van der Waals surface area contributed by atoms with E-state index in [0.29, 0.717) is 22.2 Å². The standard InChI is InChI=1S/C24H30Cl2N2O3/c1-5-17(4)27-24(30)21(6-2)28(14-18-11-12-19(25)20(26)13-18)23(29)15-31-22-10-8-7-9-16(22)3/h7-13,17,21H,5-6,14-15H2,1-4H3,(H,27,30)/t17-,21+/m1/s1. The Morgan fingerprint density at radius 2 is 1.77 bits per heavy atom. The monoisotopic (exact) mass is 464 g/mol. The van der Waals surface area contributed by atoms with Crippen molar-refractivity contribution in [2.75, 3.05) is 6.61 Å². The van der Waals surface area contributed by atoms with Crippen molar-refractivity contribution in [1.82, 2.24) is 10.2 Å². The summed E-state index contributed by atoms with van der Waals surface area (Å²) < 4.78 is 5.77. The van der Waals surface area contributed by atoms with Gasteiger partial charge in [-0.15, -0.1) is 0 Å². The number of nitrogens with one attached hydrogen (secondary N) is 1.